The molecule has 1 unspecified atom stereocenters. The van der Waals surface area contributed by atoms with E-state index in [0.717, 1.165) is 0 Å². The van der Waals surface area contributed by atoms with E-state index in [-0.39, 0.29) is 31.2 Å². The Morgan fingerprint density at radius 1 is 1.14 bits per heavy atom. The number of thioether (sulfide) groups is 1. The van der Waals surface area contributed by atoms with Gasteiger partial charge in [0, 0.05) is 25.0 Å². The molecule has 11 nitrogen and oxygen atoms in total. The molecule has 1 N–H and O–H groups in total. The molecule has 0 aromatic heterocycles. The van der Waals surface area contributed by atoms with Crippen LogP contribution in [0.25, 0.3) is 0 Å². The summed E-state index contributed by atoms with van der Waals surface area (Å²) in [4.78, 5) is 49.9. The number of nitrogens with one attached hydrogen (secondary N) is 1. The fourth-order valence-corrected chi connectivity index (χ4v) is 5.10. The van der Waals surface area contributed by atoms with E-state index in [9.17, 15) is 24.5 Å². The van der Waals surface area contributed by atoms with Crippen molar-refractivity contribution in [2.24, 2.45) is 0 Å². The van der Waals surface area contributed by atoms with Crippen LogP contribution in [-0.4, -0.2) is 65.1 Å². The van der Waals surface area contributed by atoms with Crippen molar-refractivity contribution in [3.8, 4) is 5.75 Å². The number of nitro groups is 1. The minimum absolute atomic E-state index is 0.0734. The topological polar surface area (TPSA) is 137 Å². The average molecular weight is 514 g/mol. The summed E-state index contributed by atoms with van der Waals surface area (Å²) in [7, 11) is 1.48. The van der Waals surface area contributed by atoms with Gasteiger partial charge in [0.2, 0.25) is 0 Å². The number of amides is 2. The zero-order valence-corrected chi connectivity index (χ0v) is 20.1. The Balaban J connectivity index is 1.39. The lowest BCUT2D eigenvalue weighted by Gasteiger charge is -2.49. The number of para-hydroxylation sites is 1. The van der Waals surface area contributed by atoms with Gasteiger partial charge >= 0.3 is 5.97 Å². The van der Waals surface area contributed by atoms with E-state index < -0.39 is 34.1 Å². The Hall–Kier alpha value is -3.90. The summed E-state index contributed by atoms with van der Waals surface area (Å²) < 4.78 is 16.0. The first kappa shape index (κ1) is 25.2. The highest BCUT2D eigenvalue weighted by molar-refractivity contribution is 8.00. The van der Waals surface area contributed by atoms with Crippen LogP contribution in [0.5, 0.6) is 5.75 Å². The molecule has 0 radical (unpaired) electrons. The van der Waals surface area contributed by atoms with Crippen molar-refractivity contribution >= 4 is 35.2 Å². The Morgan fingerprint density at radius 3 is 2.53 bits per heavy atom. The number of carbonyl (C=O) groups excluding carboxylic acids is 3. The lowest BCUT2D eigenvalue weighted by Crippen LogP contribution is -2.71. The number of carbonyl (C=O) groups is 3. The fraction of sp³-hybridized carbons (Fsp3) is 0.292. The standard InChI is InChI=1S/C24H23N3O8S/c1-33-12-16-14-36-23-20(25-19(28)13-34-18-5-3-2-4-6-18)22(29)26(23)21(16)24(30)35-11-15-7-9-17(10-8-15)27(31)32/h2-10,20,23H,11-14H2,1H3,(H,25,28)/t20?,23-/m0/s1. The molecule has 0 saturated carbocycles. The molecule has 2 amide bonds. The normalized spacial score (nSPS) is 18.7. The molecule has 2 aliphatic rings. The zero-order chi connectivity index (χ0) is 25.7. The number of rotatable bonds is 10. The summed E-state index contributed by atoms with van der Waals surface area (Å²) in [6.07, 6.45) is 0. The first-order valence-corrected chi connectivity index (χ1v) is 12.0. The summed E-state index contributed by atoms with van der Waals surface area (Å²) in [6.45, 7) is -0.245. The average Bonchev–Trinajstić information content (AvgIpc) is 2.89. The van der Waals surface area contributed by atoms with E-state index in [1.807, 2.05) is 6.07 Å². The lowest BCUT2D eigenvalue weighted by atomic mass is 10.0. The van der Waals surface area contributed by atoms with Crippen molar-refractivity contribution in [2.75, 3.05) is 26.1 Å². The van der Waals surface area contributed by atoms with E-state index in [1.165, 1.54) is 48.0 Å². The highest BCUT2D eigenvalue weighted by Crippen LogP contribution is 2.40. The van der Waals surface area contributed by atoms with Crippen LogP contribution >= 0.6 is 11.8 Å². The number of nitrogens with zero attached hydrogens (tertiary/aromatic N) is 2. The second kappa shape index (κ2) is 11.2. The molecule has 1 saturated heterocycles. The Bertz CT molecular complexity index is 1190. The number of β-lactam (4-membered cyclic amide) rings is 1. The van der Waals surface area contributed by atoms with Gasteiger partial charge in [-0.05, 0) is 35.4 Å². The van der Waals surface area contributed by atoms with Crippen molar-refractivity contribution in [1.82, 2.24) is 10.2 Å². The number of non-ortho nitro benzene ring substituents is 1. The van der Waals surface area contributed by atoms with E-state index in [0.29, 0.717) is 22.6 Å². The Morgan fingerprint density at radius 2 is 1.86 bits per heavy atom. The maximum Gasteiger partial charge on any atom is 0.355 e. The number of benzene rings is 2. The van der Waals surface area contributed by atoms with Crippen LogP contribution in [0.4, 0.5) is 5.69 Å². The summed E-state index contributed by atoms with van der Waals surface area (Å²) >= 11 is 1.41. The van der Waals surface area contributed by atoms with Gasteiger partial charge < -0.3 is 19.5 Å². The van der Waals surface area contributed by atoms with E-state index in [2.05, 4.69) is 5.32 Å². The minimum Gasteiger partial charge on any atom is -0.484 e. The minimum atomic E-state index is -0.802. The molecule has 0 spiro atoms. The summed E-state index contributed by atoms with van der Waals surface area (Å²) in [5.41, 5.74) is 1.18. The molecule has 2 aromatic rings. The quantitative estimate of drug-likeness (QED) is 0.219. The van der Waals surface area contributed by atoms with Crippen molar-refractivity contribution < 1.29 is 33.5 Å². The Kier molecular flexibility index (Phi) is 7.86. The molecule has 0 bridgehead atoms. The molecule has 2 heterocycles. The van der Waals surface area contributed by atoms with E-state index in [4.69, 9.17) is 14.2 Å². The maximum atomic E-state index is 13.0. The summed E-state index contributed by atoms with van der Waals surface area (Å²) in [5, 5.41) is 13.0. The fourth-order valence-electron chi connectivity index (χ4n) is 3.77. The van der Waals surface area contributed by atoms with Crippen LogP contribution in [-0.2, 0) is 30.5 Å². The largest absolute Gasteiger partial charge is 0.484 e. The lowest BCUT2D eigenvalue weighted by molar-refractivity contribution is -0.384. The second-order valence-electron chi connectivity index (χ2n) is 7.94. The number of hydrogen-bond acceptors (Lipinski definition) is 9. The number of nitro benzene ring substituents is 1. The van der Waals surface area contributed by atoms with Gasteiger partial charge in [-0.15, -0.1) is 11.8 Å². The van der Waals surface area contributed by atoms with E-state index >= 15 is 0 Å². The number of methoxy groups -OCH3 is 1. The molecular formula is C24H23N3O8S. The van der Waals surface area contributed by atoms with Gasteiger partial charge in [-0.1, -0.05) is 18.2 Å². The third-order valence-corrected chi connectivity index (χ3v) is 6.85. The molecule has 4 rings (SSSR count). The highest BCUT2D eigenvalue weighted by atomic mass is 32.2. The molecule has 2 atom stereocenters. The van der Waals surface area contributed by atoms with Gasteiger partial charge in [0.1, 0.15) is 29.5 Å². The Labute approximate surface area is 210 Å². The van der Waals surface area contributed by atoms with Crippen LogP contribution in [0, 0.1) is 10.1 Å². The van der Waals surface area contributed by atoms with Crippen LogP contribution in [0.3, 0.4) is 0 Å². The van der Waals surface area contributed by atoms with Crippen molar-refractivity contribution in [3.05, 3.63) is 81.5 Å². The van der Waals surface area contributed by atoms with Gasteiger partial charge in [-0.25, -0.2) is 4.79 Å². The molecule has 12 heteroatoms. The van der Waals surface area contributed by atoms with Gasteiger partial charge in [0.25, 0.3) is 17.5 Å². The first-order valence-electron chi connectivity index (χ1n) is 10.9. The maximum absolute atomic E-state index is 13.0. The van der Waals surface area contributed by atoms with Gasteiger partial charge in [-0.3, -0.25) is 24.6 Å². The smallest absolute Gasteiger partial charge is 0.355 e. The van der Waals surface area contributed by atoms with Gasteiger partial charge in [-0.2, -0.15) is 0 Å². The zero-order valence-electron chi connectivity index (χ0n) is 19.2. The number of hydrogen-bond donors (Lipinski definition) is 1. The predicted octanol–water partition coefficient (Wildman–Crippen LogP) is 2.02. The van der Waals surface area contributed by atoms with Crippen molar-refractivity contribution in [3.63, 3.8) is 0 Å². The van der Waals surface area contributed by atoms with Crippen molar-refractivity contribution in [2.45, 2.75) is 18.0 Å². The van der Waals surface area contributed by atoms with Crippen LogP contribution in [0.2, 0.25) is 0 Å². The molecule has 2 aromatic carbocycles. The molecule has 188 valence electrons. The highest BCUT2D eigenvalue weighted by Gasteiger charge is 2.54. The third-order valence-electron chi connectivity index (χ3n) is 5.51. The van der Waals surface area contributed by atoms with Gasteiger partial charge in [0.05, 0.1) is 11.5 Å². The first-order chi connectivity index (χ1) is 17.4. The SMILES string of the molecule is COCC1=C(C(=O)OCc2ccc([N+](=O)[O-])cc2)N2C(=O)C(NC(=O)COc3ccccc3)[C@@H]2SC1. The van der Waals surface area contributed by atoms with E-state index in [1.54, 1.807) is 24.3 Å². The molecular weight excluding hydrogens is 490 g/mol. The molecule has 0 aliphatic carbocycles. The predicted molar refractivity (Wildman–Crippen MR) is 129 cm³/mol. The number of ether oxygens (including phenoxy) is 3. The van der Waals surface area contributed by atoms with Crippen molar-refractivity contribution in [1.29, 1.82) is 0 Å². The van der Waals surface area contributed by atoms with Gasteiger partial charge in [0.15, 0.2) is 6.61 Å². The molecule has 1 fully saturated rings. The van der Waals surface area contributed by atoms with Crippen LogP contribution in [0.1, 0.15) is 5.56 Å². The van der Waals surface area contributed by atoms with Crippen LogP contribution in [0.15, 0.2) is 65.9 Å². The monoisotopic (exact) mass is 513 g/mol. The number of fused-ring (bicyclic) bond motifs is 1. The summed E-state index contributed by atoms with van der Waals surface area (Å²) in [6, 6.07) is 13.7. The molecule has 36 heavy (non-hydrogen) atoms. The molecule has 2 aliphatic heterocycles. The number of esters is 1. The summed E-state index contributed by atoms with van der Waals surface area (Å²) in [5.74, 6) is -0.651. The second-order valence-corrected chi connectivity index (χ2v) is 9.05. The third kappa shape index (κ3) is 5.50. The van der Waals surface area contributed by atoms with Crippen LogP contribution < -0.4 is 10.1 Å².